The first kappa shape index (κ1) is 33.9. The molecule has 31 heavy (non-hydrogen) atoms. The van der Waals surface area contributed by atoms with Crippen LogP contribution in [0.2, 0.25) is 5.02 Å². The number of hydrogen-bond donors (Lipinski definition) is 2. The Labute approximate surface area is 203 Å². The van der Waals surface area contributed by atoms with Crippen molar-refractivity contribution in [2.45, 2.75) is 61.4 Å². The molecule has 0 fully saturated rings. The van der Waals surface area contributed by atoms with Gasteiger partial charge in [-0.05, 0) is 81.8 Å². The maximum absolute atomic E-state index is 6.03. The summed E-state index contributed by atoms with van der Waals surface area (Å²) in [6.45, 7) is 20.7. The minimum Gasteiger partial charge on any atom is -0.316 e. The Morgan fingerprint density at radius 3 is 2.06 bits per heavy atom. The van der Waals surface area contributed by atoms with E-state index in [1.165, 1.54) is 16.7 Å². The first-order valence-corrected chi connectivity index (χ1v) is 11.4. The third-order valence-corrected chi connectivity index (χ3v) is 4.91. The summed E-state index contributed by atoms with van der Waals surface area (Å²) in [5.74, 6) is 0. The van der Waals surface area contributed by atoms with Crippen LogP contribution < -0.4 is 10.6 Å². The van der Waals surface area contributed by atoms with Crippen molar-refractivity contribution in [2.75, 3.05) is 20.1 Å². The Morgan fingerprint density at radius 1 is 1.16 bits per heavy atom. The summed E-state index contributed by atoms with van der Waals surface area (Å²) in [4.78, 5) is 1.06. The SMILES string of the molecule is C#C.C=C/C=C(CNCCC(C)=S)\C(C)=C/C.CC.CNCc1cc(C)c(Cl)c(C)c1. The first-order valence-electron chi connectivity index (χ1n) is 10.6. The molecule has 0 amide bonds. The normalized spacial score (nSPS) is 10.4. The number of allylic oxidation sites excluding steroid dienone is 3. The van der Waals surface area contributed by atoms with Crippen LogP contribution in [0, 0.1) is 26.7 Å². The highest BCUT2D eigenvalue weighted by Crippen LogP contribution is 2.21. The van der Waals surface area contributed by atoms with Crippen LogP contribution in [0.5, 0.6) is 0 Å². The van der Waals surface area contributed by atoms with Crippen molar-refractivity contribution in [1.82, 2.24) is 10.6 Å². The second-order valence-electron chi connectivity index (χ2n) is 6.60. The lowest BCUT2D eigenvalue weighted by atomic mass is 10.1. The van der Waals surface area contributed by atoms with Gasteiger partial charge in [0, 0.05) is 18.1 Å². The van der Waals surface area contributed by atoms with Gasteiger partial charge in [-0.25, -0.2) is 0 Å². The fraction of sp³-hybridized carbons (Fsp3) is 0.444. The van der Waals surface area contributed by atoms with E-state index < -0.39 is 0 Å². The zero-order valence-corrected chi connectivity index (χ0v) is 22.4. The van der Waals surface area contributed by atoms with E-state index in [0.717, 1.165) is 47.1 Å². The van der Waals surface area contributed by atoms with Crippen LogP contribution >= 0.6 is 23.8 Å². The van der Waals surface area contributed by atoms with Gasteiger partial charge in [0.2, 0.25) is 0 Å². The third kappa shape index (κ3) is 17.7. The number of halogens is 1. The van der Waals surface area contributed by atoms with Crippen molar-refractivity contribution in [1.29, 1.82) is 0 Å². The van der Waals surface area contributed by atoms with Crippen LogP contribution in [0.25, 0.3) is 0 Å². The predicted octanol–water partition coefficient (Wildman–Crippen LogP) is 7.39. The summed E-state index contributed by atoms with van der Waals surface area (Å²) in [6, 6.07) is 4.23. The number of hydrogen-bond acceptors (Lipinski definition) is 3. The zero-order valence-electron chi connectivity index (χ0n) is 20.9. The second kappa shape index (κ2) is 23.0. The Balaban J connectivity index is -0.000000441. The molecule has 0 aromatic heterocycles. The summed E-state index contributed by atoms with van der Waals surface area (Å²) < 4.78 is 0. The molecule has 0 aliphatic heterocycles. The number of rotatable bonds is 9. The van der Waals surface area contributed by atoms with Crippen LogP contribution in [-0.4, -0.2) is 25.0 Å². The van der Waals surface area contributed by atoms with Crippen molar-refractivity contribution in [3.05, 3.63) is 69.8 Å². The number of aryl methyl sites for hydroxylation is 2. The van der Waals surface area contributed by atoms with Gasteiger partial charge in [0.1, 0.15) is 0 Å². The summed E-state index contributed by atoms with van der Waals surface area (Å²) in [7, 11) is 1.94. The van der Waals surface area contributed by atoms with Gasteiger partial charge in [-0.2, -0.15) is 0 Å². The molecule has 0 saturated carbocycles. The molecule has 0 aliphatic carbocycles. The molecule has 0 unspecified atom stereocenters. The molecule has 0 atom stereocenters. The molecule has 0 bridgehead atoms. The Hall–Kier alpha value is -1.70. The van der Waals surface area contributed by atoms with Crippen LogP contribution in [0.15, 0.2) is 48.1 Å². The lowest BCUT2D eigenvalue weighted by molar-refractivity contribution is 0.754. The molecule has 0 aliphatic rings. The highest BCUT2D eigenvalue weighted by Gasteiger charge is 2.01. The molecule has 1 rings (SSSR count). The molecule has 0 heterocycles. The molecule has 1 aromatic rings. The average molecular weight is 463 g/mol. The van der Waals surface area contributed by atoms with Gasteiger partial charge >= 0.3 is 0 Å². The maximum atomic E-state index is 6.03. The van der Waals surface area contributed by atoms with E-state index in [-0.39, 0.29) is 0 Å². The molecule has 0 spiro atoms. The molecular formula is C27H43ClN2S. The molecular weight excluding hydrogens is 420 g/mol. The number of terminal acetylenes is 1. The topological polar surface area (TPSA) is 24.1 Å². The van der Waals surface area contributed by atoms with Gasteiger partial charge < -0.3 is 10.6 Å². The summed E-state index contributed by atoms with van der Waals surface area (Å²) in [5.41, 5.74) is 6.18. The van der Waals surface area contributed by atoms with E-state index in [2.05, 4.69) is 55.2 Å². The largest absolute Gasteiger partial charge is 0.316 e. The van der Waals surface area contributed by atoms with Crippen molar-refractivity contribution in [3.63, 3.8) is 0 Å². The van der Waals surface area contributed by atoms with E-state index in [9.17, 15) is 0 Å². The Morgan fingerprint density at radius 2 is 1.68 bits per heavy atom. The zero-order chi connectivity index (χ0) is 24.8. The molecule has 1 aromatic carbocycles. The molecule has 174 valence electrons. The van der Waals surface area contributed by atoms with E-state index in [1.807, 2.05) is 60.7 Å². The fourth-order valence-electron chi connectivity index (χ4n) is 2.49. The van der Waals surface area contributed by atoms with Crippen molar-refractivity contribution < 1.29 is 0 Å². The molecule has 2 nitrogen and oxygen atoms in total. The number of benzene rings is 1. The van der Waals surface area contributed by atoms with Gasteiger partial charge in [0.25, 0.3) is 0 Å². The van der Waals surface area contributed by atoms with Crippen LogP contribution in [-0.2, 0) is 6.54 Å². The van der Waals surface area contributed by atoms with E-state index in [0.29, 0.717) is 0 Å². The van der Waals surface area contributed by atoms with Gasteiger partial charge in [-0.15, -0.1) is 12.8 Å². The number of thiocarbonyl (C=S) groups is 1. The second-order valence-corrected chi connectivity index (χ2v) is 7.68. The lowest BCUT2D eigenvalue weighted by Crippen LogP contribution is -2.20. The lowest BCUT2D eigenvalue weighted by Gasteiger charge is -2.08. The first-order chi connectivity index (χ1) is 14.8. The van der Waals surface area contributed by atoms with Gasteiger partial charge in [0.05, 0.1) is 0 Å². The van der Waals surface area contributed by atoms with E-state index >= 15 is 0 Å². The van der Waals surface area contributed by atoms with Crippen molar-refractivity contribution >= 4 is 28.7 Å². The Kier molecular flexibility index (Phi) is 25.1. The predicted molar refractivity (Wildman–Crippen MR) is 148 cm³/mol. The highest BCUT2D eigenvalue weighted by atomic mass is 35.5. The standard InChI is InChI=1S/C13H21NS.C10H14ClN.C2H6.C2H2/c1-5-7-13(11(3)6-2)10-14-9-8-12(4)15;1-7-4-9(6-12-3)5-8(2)10(7)11;2*1-2/h5-7,14H,1,8-10H2,2-4H3;4-5,12H,6H2,1-3H3;1-2H3;1-2H/b11-6-,13-7-;;;. The fourth-order valence-corrected chi connectivity index (χ4v) is 2.70. The third-order valence-electron chi connectivity index (χ3n) is 4.10. The number of nitrogens with one attached hydrogen (secondary N) is 2. The monoisotopic (exact) mass is 462 g/mol. The quantitative estimate of drug-likeness (QED) is 0.173. The van der Waals surface area contributed by atoms with Crippen molar-refractivity contribution in [3.8, 4) is 12.8 Å². The molecule has 2 N–H and O–H groups in total. The molecule has 0 saturated heterocycles. The molecule has 4 heteroatoms. The van der Waals surface area contributed by atoms with Gasteiger partial charge in [-0.3, -0.25) is 0 Å². The van der Waals surface area contributed by atoms with Crippen molar-refractivity contribution in [2.24, 2.45) is 0 Å². The van der Waals surface area contributed by atoms with Crippen LogP contribution in [0.1, 0.15) is 57.7 Å². The van der Waals surface area contributed by atoms with Crippen LogP contribution in [0.3, 0.4) is 0 Å². The smallest absolute Gasteiger partial charge is 0.0464 e. The minimum atomic E-state index is 0.880. The highest BCUT2D eigenvalue weighted by molar-refractivity contribution is 7.80. The van der Waals surface area contributed by atoms with E-state index in [1.54, 1.807) is 0 Å². The average Bonchev–Trinajstić information content (AvgIpc) is 2.77. The Bertz CT molecular complexity index is 692. The summed E-state index contributed by atoms with van der Waals surface area (Å²) in [6.07, 6.45) is 15.0. The van der Waals surface area contributed by atoms with Gasteiger partial charge in [-0.1, -0.05) is 80.2 Å². The van der Waals surface area contributed by atoms with E-state index in [4.69, 9.17) is 23.8 Å². The maximum Gasteiger partial charge on any atom is 0.0464 e. The van der Waals surface area contributed by atoms with Gasteiger partial charge in [0.15, 0.2) is 0 Å². The minimum absolute atomic E-state index is 0.880. The molecule has 0 radical (unpaired) electrons. The summed E-state index contributed by atoms with van der Waals surface area (Å²) >= 11 is 11.0. The van der Waals surface area contributed by atoms with Crippen LogP contribution in [0.4, 0.5) is 0 Å². The summed E-state index contributed by atoms with van der Waals surface area (Å²) in [5, 5.41) is 7.37.